The van der Waals surface area contributed by atoms with Crippen LogP contribution in [0.25, 0.3) is 0 Å². The van der Waals surface area contributed by atoms with E-state index in [1.54, 1.807) is 6.92 Å². The molecule has 1 amide bonds. The second kappa shape index (κ2) is 15.0. The van der Waals surface area contributed by atoms with E-state index in [9.17, 15) is 18.0 Å². The van der Waals surface area contributed by atoms with Crippen LogP contribution in [-0.4, -0.2) is 45.5 Å². The summed E-state index contributed by atoms with van der Waals surface area (Å²) in [4.78, 5) is 32.9. The molecule has 0 aliphatic carbocycles. The molecule has 0 N–H and O–H groups in total. The Balaban J connectivity index is 1.43. The fraction of sp³-hybridized carbons (Fsp3) is 0.238. The molecule has 0 saturated carbocycles. The van der Waals surface area contributed by atoms with Gasteiger partial charge in [0.15, 0.2) is 5.78 Å². The summed E-state index contributed by atoms with van der Waals surface area (Å²) in [5.74, 6) is -0.873. The minimum absolute atomic E-state index is 0.0731. The van der Waals surface area contributed by atoms with Crippen molar-refractivity contribution in [2.45, 2.75) is 48.9 Å². The zero-order valence-electron chi connectivity index (χ0n) is 27.6. The number of nitrogens with zero attached hydrogens (tertiary/aromatic N) is 2. The third-order valence-electron chi connectivity index (χ3n) is 9.58. The summed E-state index contributed by atoms with van der Waals surface area (Å²) < 4.78 is 40.3. The Morgan fingerprint density at radius 2 is 1.12 bits per heavy atom. The lowest BCUT2D eigenvalue weighted by Crippen LogP contribution is -2.75. The molecule has 5 aromatic carbocycles. The summed E-state index contributed by atoms with van der Waals surface area (Å²) in [6.07, 6.45) is -4.39. The molecule has 1 unspecified atom stereocenters. The van der Waals surface area contributed by atoms with Gasteiger partial charge in [0.25, 0.3) is 0 Å². The van der Waals surface area contributed by atoms with Crippen LogP contribution < -0.4 is 0 Å². The highest BCUT2D eigenvalue weighted by atomic mass is 35.5. The first kappa shape index (κ1) is 35.1. The number of halogens is 4. The topological polar surface area (TPSA) is 40.6 Å². The van der Waals surface area contributed by atoms with E-state index in [2.05, 4.69) is 4.90 Å². The Bertz CT molecular complexity index is 1780. The second-order valence-corrected chi connectivity index (χ2v) is 13.6. The number of hydrogen-bond acceptors (Lipinski definition) is 3. The Hall–Kier alpha value is -4.72. The molecule has 1 heterocycles. The Morgan fingerprint density at radius 3 is 1.52 bits per heavy atom. The van der Waals surface area contributed by atoms with Gasteiger partial charge in [-0.05, 0) is 46.9 Å². The molecule has 8 heteroatoms. The van der Waals surface area contributed by atoms with Crippen molar-refractivity contribution in [2.24, 2.45) is 0 Å². The van der Waals surface area contributed by atoms with Crippen molar-refractivity contribution in [2.75, 3.05) is 13.1 Å². The Kier molecular flexibility index (Phi) is 10.6. The molecule has 1 fully saturated rings. The van der Waals surface area contributed by atoms with Gasteiger partial charge in [0.1, 0.15) is 10.9 Å². The number of hydrogen-bond donors (Lipinski definition) is 0. The van der Waals surface area contributed by atoms with E-state index in [1.807, 2.05) is 121 Å². The zero-order chi connectivity index (χ0) is 35.3. The molecule has 1 atom stereocenters. The van der Waals surface area contributed by atoms with E-state index in [-0.39, 0.29) is 43.8 Å². The lowest BCUT2D eigenvalue weighted by molar-refractivity contribution is -0.162. The number of likely N-dealkylation sites (tertiary alicyclic amines) is 1. The fourth-order valence-electron chi connectivity index (χ4n) is 7.00. The fourth-order valence-corrected chi connectivity index (χ4v) is 7.12. The van der Waals surface area contributed by atoms with E-state index in [0.717, 1.165) is 34.4 Å². The summed E-state index contributed by atoms with van der Waals surface area (Å²) in [6.45, 7) is 1.92. The smallest absolute Gasteiger partial charge is 0.322 e. The predicted octanol–water partition coefficient (Wildman–Crippen LogP) is 9.30. The summed E-state index contributed by atoms with van der Waals surface area (Å²) in [6, 6.07) is 44.2. The van der Waals surface area contributed by atoms with Gasteiger partial charge in [-0.1, -0.05) is 133 Å². The predicted molar refractivity (Wildman–Crippen MR) is 191 cm³/mol. The number of Topliss-reactive ketones (excluding diaryl/α,β-unsaturated/α-hetero) is 1. The van der Waals surface area contributed by atoms with Crippen LogP contribution >= 0.6 is 11.6 Å². The Morgan fingerprint density at radius 1 is 0.700 bits per heavy atom. The number of ketones is 1. The standard InChI is InChI=1S/C42H38ClF3N2O2/c1-30(43)40(50)48(27-31-22-24-36(25-23-31)42(44,45)46)41(38(49)26-37(32-14-6-2-7-15-32)33-16-8-3-9-17-33)28-47(29-41)39(34-18-10-4-11-19-34)35-20-12-5-13-21-35/h2-25,30,37,39H,26-29H2,1H3. The van der Waals surface area contributed by atoms with Crippen molar-refractivity contribution in [3.8, 4) is 0 Å². The highest BCUT2D eigenvalue weighted by Gasteiger charge is 2.57. The maximum atomic E-state index is 15.1. The van der Waals surface area contributed by atoms with Gasteiger partial charge in [-0.15, -0.1) is 11.6 Å². The largest absolute Gasteiger partial charge is 0.416 e. The highest BCUT2D eigenvalue weighted by molar-refractivity contribution is 6.30. The number of carbonyl (C=O) groups excluding carboxylic acids is 2. The summed E-state index contributed by atoms with van der Waals surface area (Å²) in [5.41, 5.74) is 2.40. The maximum Gasteiger partial charge on any atom is 0.416 e. The average Bonchev–Trinajstić information content (AvgIpc) is 3.12. The first-order valence-corrected chi connectivity index (χ1v) is 17.1. The molecule has 4 nitrogen and oxygen atoms in total. The van der Waals surface area contributed by atoms with Crippen LogP contribution in [0.1, 0.15) is 58.7 Å². The van der Waals surface area contributed by atoms with Gasteiger partial charge >= 0.3 is 6.18 Å². The van der Waals surface area contributed by atoms with Crippen LogP contribution in [0, 0.1) is 0 Å². The van der Waals surface area contributed by atoms with E-state index in [4.69, 9.17) is 11.6 Å². The van der Waals surface area contributed by atoms with E-state index >= 15 is 4.79 Å². The number of amides is 1. The van der Waals surface area contributed by atoms with Crippen molar-refractivity contribution in [3.63, 3.8) is 0 Å². The van der Waals surface area contributed by atoms with E-state index in [0.29, 0.717) is 5.56 Å². The van der Waals surface area contributed by atoms with Gasteiger partial charge in [0.05, 0.1) is 11.6 Å². The van der Waals surface area contributed by atoms with Gasteiger partial charge < -0.3 is 4.90 Å². The lowest BCUT2D eigenvalue weighted by atomic mass is 9.75. The molecule has 1 aliphatic heterocycles. The van der Waals surface area contributed by atoms with Crippen molar-refractivity contribution in [3.05, 3.63) is 179 Å². The molecule has 0 spiro atoms. The van der Waals surface area contributed by atoms with Crippen molar-refractivity contribution < 1.29 is 22.8 Å². The van der Waals surface area contributed by atoms with Gasteiger partial charge in [-0.25, -0.2) is 0 Å². The van der Waals surface area contributed by atoms with Crippen LogP contribution in [0.4, 0.5) is 13.2 Å². The first-order chi connectivity index (χ1) is 24.1. The molecule has 0 radical (unpaired) electrons. The van der Waals surface area contributed by atoms with Crippen LogP contribution in [-0.2, 0) is 22.3 Å². The van der Waals surface area contributed by atoms with E-state index in [1.165, 1.54) is 17.0 Å². The van der Waals surface area contributed by atoms with Crippen LogP contribution in [0.15, 0.2) is 146 Å². The minimum atomic E-state index is -4.50. The quantitative estimate of drug-likeness (QED) is 0.122. The molecular formula is C42H38ClF3N2O2. The van der Waals surface area contributed by atoms with Crippen molar-refractivity contribution in [1.29, 1.82) is 0 Å². The van der Waals surface area contributed by atoms with Crippen LogP contribution in [0.5, 0.6) is 0 Å². The first-order valence-electron chi connectivity index (χ1n) is 16.7. The molecule has 0 aromatic heterocycles. The zero-order valence-corrected chi connectivity index (χ0v) is 28.4. The summed E-state index contributed by atoms with van der Waals surface area (Å²) in [7, 11) is 0. The average molecular weight is 695 g/mol. The molecule has 1 aliphatic rings. The van der Waals surface area contributed by atoms with E-state index < -0.39 is 28.6 Å². The van der Waals surface area contributed by atoms with Crippen molar-refractivity contribution >= 4 is 23.3 Å². The monoisotopic (exact) mass is 694 g/mol. The Labute approximate surface area is 296 Å². The highest BCUT2D eigenvalue weighted by Crippen LogP contribution is 2.43. The molecule has 256 valence electrons. The molecule has 6 rings (SSSR count). The molecule has 50 heavy (non-hydrogen) atoms. The van der Waals surface area contributed by atoms with Gasteiger partial charge in [-0.3, -0.25) is 14.5 Å². The third kappa shape index (κ3) is 7.54. The second-order valence-electron chi connectivity index (χ2n) is 12.9. The maximum absolute atomic E-state index is 15.1. The molecule has 0 bridgehead atoms. The number of alkyl halides is 4. The SMILES string of the molecule is CC(Cl)C(=O)N(Cc1ccc(C(F)(F)F)cc1)C1(C(=O)CC(c2ccccc2)c2ccccc2)CN(C(c2ccccc2)c2ccccc2)C1. The van der Waals surface area contributed by atoms with Crippen molar-refractivity contribution in [1.82, 2.24) is 9.80 Å². The number of carbonyl (C=O) groups is 2. The lowest BCUT2D eigenvalue weighted by Gasteiger charge is -2.57. The van der Waals surface area contributed by atoms with Crippen LogP contribution in [0.3, 0.4) is 0 Å². The van der Waals surface area contributed by atoms with Gasteiger partial charge in [0, 0.05) is 32.0 Å². The van der Waals surface area contributed by atoms with Gasteiger partial charge in [0.2, 0.25) is 5.91 Å². The number of rotatable bonds is 12. The number of benzene rings is 5. The molecular weight excluding hydrogens is 657 g/mol. The normalized spacial score (nSPS) is 15.0. The molecule has 1 saturated heterocycles. The minimum Gasteiger partial charge on any atom is -0.322 e. The summed E-state index contributed by atoms with van der Waals surface area (Å²) >= 11 is 6.49. The van der Waals surface area contributed by atoms with Crippen LogP contribution in [0.2, 0.25) is 0 Å². The molecule has 5 aromatic rings. The summed E-state index contributed by atoms with van der Waals surface area (Å²) in [5, 5.41) is -0.971. The van der Waals surface area contributed by atoms with Gasteiger partial charge in [-0.2, -0.15) is 13.2 Å². The third-order valence-corrected chi connectivity index (χ3v) is 9.77.